The minimum Gasteiger partial charge on any atom is -0.328 e. The number of halogens is 2. The highest BCUT2D eigenvalue weighted by atomic mass is 35.5. The summed E-state index contributed by atoms with van der Waals surface area (Å²) in [5, 5.41) is 12.1. The van der Waals surface area contributed by atoms with Crippen LogP contribution in [0.2, 0.25) is 0 Å². The Morgan fingerprint density at radius 2 is 2.09 bits per heavy atom. The molecule has 0 aromatic carbocycles. The predicted molar refractivity (Wildman–Crippen MR) is 96.2 cm³/mol. The summed E-state index contributed by atoms with van der Waals surface area (Å²) in [6.07, 6.45) is 5.36. The van der Waals surface area contributed by atoms with Crippen LogP contribution in [0.1, 0.15) is 25.7 Å². The van der Waals surface area contributed by atoms with Crippen molar-refractivity contribution in [1.29, 1.82) is 0 Å². The molecular weight excluding hydrogens is 357 g/mol. The number of pyridine rings is 1. The van der Waals surface area contributed by atoms with Crippen molar-refractivity contribution < 1.29 is 4.79 Å². The number of anilines is 1. The number of carbonyl (C=O) groups is 1. The fourth-order valence-corrected chi connectivity index (χ4v) is 3.26. The second-order valence-corrected chi connectivity index (χ2v) is 6.22. The topological polar surface area (TPSA) is 93.8 Å². The van der Waals surface area contributed by atoms with Crippen LogP contribution < -0.4 is 11.1 Å². The van der Waals surface area contributed by atoms with Gasteiger partial charge in [-0.1, -0.05) is 23.8 Å². The highest BCUT2D eigenvalue weighted by Crippen LogP contribution is 2.27. The maximum Gasteiger partial charge on any atom is 0.229 e. The van der Waals surface area contributed by atoms with Crippen molar-refractivity contribution in [2.24, 2.45) is 11.7 Å². The number of aromatic nitrogens is 3. The van der Waals surface area contributed by atoms with E-state index in [1.807, 2.05) is 18.2 Å². The molecule has 23 heavy (non-hydrogen) atoms. The number of nitrogens with two attached hydrogens (primary N) is 1. The molecule has 9 heteroatoms. The Bertz CT molecular complexity index is 625. The molecule has 6 nitrogen and oxygen atoms in total. The van der Waals surface area contributed by atoms with Crippen molar-refractivity contribution >= 4 is 47.2 Å². The summed E-state index contributed by atoms with van der Waals surface area (Å²) in [4.78, 5) is 16.4. The van der Waals surface area contributed by atoms with Crippen molar-refractivity contribution in [3.63, 3.8) is 0 Å². The van der Waals surface area contributed by atoms with Crippen LogP contribution >= 0.6 is 36.2 Å². The zero-order valence-electron chi connectivity index (χ0n) is 12.3. The summed E-state index contributed by atoms with van der Waals surface area (Å²) in [6, 6.07) is 5.74. The number of amides is 1. The standard InChI is InChI=1S/C14H17N5OS.2ClH/c15-10-5-3-4-9(8-10)12(20)17-14-19-18-13(21-14)11-6-1-2-7-16-11;;/h1-2,6-7,9-10H,3-5,8,15H2,(H,17,19,20);2*1H. The second-order valence-electron chi connectivity index (χ2n) is 5.24. The van der Waals surface area contributed by atoms with Gasteiger partial charge < -0.3 is 11.1 Å². The van der Waals surface area contributed by atoms with Crippen LogP contribution in [0.3, 0.4) is 0 Å². The molecule has 0 spiro atoms. The zero-order chi connectivity index (χ0) is 14.7. The van der Waals surface area contributed by atoms with Gasteiger partial charge in [0.15, 0.2) is 5.01 Å². The van der Waals surface area contributed by atoms with Gasteiger partial charge in [-0.05, 0) is 31.4 Å². The number of hydrogen-bond donors (Lipinski definition) is 2. The quantitative estimate of drug-likeness (QED) is 0.859. The summed E-state index contributed by atoms with van der Waals surface area (Å²) in [5.41, 5.74) is 6.68. The lowest BCUT2D eigenvalue weighted by atomic mass is 9.86. The molecule has 0 radical (unpaired) electrons. The van der Waals surface area contributed by atoms with Crippen LogP contribution in [-0.2, 0) is 4.79 Å². The molecule has 2 aromatic heterocycles. The maximum absolute atomic E-state index is 12.2. The van der Waals surface area contributed by atoms with Gasteiger partial charge in [-0.25, -0.2) is 0 Å². The number of rotatable bonds is 3. The van der Waals surface area contributed by atoms with Gasteiger partial charge in [0.2, 0.25) is 11.0 Å². The number of nitrogens with one attached hydrogen (secondary N) is 1. The van der Waals surface area contributed by atoms with E-state index >= 15 is 0 Å². The summed E-state index contributed by atoms with van der Waals surface area (Å²) < 4.78 is 0. The van der Waals surface area contributed by atoms with E-state index in [0.29, 0.717) is 10.1 Å². The van der Waals surface area contributed by atoms with Crippen LogP contribution in [0.5, 0.6) is 0 Å². The lowest BCUT2D eigenvalue weighted by molar-refractivity contribution is -0.120. The average molecular weight is 376 g/mol. The molecule has 1 amide bonds. The van der Waals surface area contributed by atoms with Gasteiger partial charge in [0.05, 0.1) is 0 Å². The van der Waals surface area contributed by atoms with Crippen LogP contribution in [0.25, 0.3) is 10.7 Å². The molecule has 2 heterocycles. The van der Waals surface area contributed by atoms with E-state index in [4.69, 9.17) is 5.73 Å². The van der Waals surface area contributed by atoms with Crippen molar-refractivity contribution in [2.45, 2.75) is 31.7 Å². The fraction of sp³-hybridized carbons (Fsp3) is 0.429. The molecule has 2 aromatic rings. The van der Waals surface area contributed by atoms with E-state index in [1.165, 1.54) is 11.3 Å². The lowest BCUT2D eigenvalue weighted by Crippen LogP contribution is -2.34. The molecule has 0 aliphatic heterocycles. The van der Waals surface area contributed by atoms with Crippen LogP contribution in [0, 0.1) is 5.92 Å². The molecule has 3 rings (SSSR count). The third-order valence-corrected chi connectivity index (χ3v) is 4.49. The lowest BCUT2D eigenvalue weighted by Gasteiger charge is -2.25. The highest BCUT2D eigenvalue weighted by Gasteiger charge is 2.26. The monoisotopic (exact) mass is 375 g/mol. The third-order valence-electron chi connectivity index (χ3n) is 3.62. The Labute approximate surface area is 151 Å². The number of nitrogens with zero attached hydrogens (tertiary/aromatic N) is 3. The van der Waals surface area contributed by atoms with E-state index in [9.17, 15) is 4.79 Å². The molecule has 0 saturated heterocycles. The summed E-state index contributed by atoms with van der Waals surface area (Å²) in [7, 11) is 0. The maximum atomic E-state index is 12.2. The first-order chi connectivity index (χ1) is 10.2. The SMILES string of the molecule is Cl.Cl.NC1CCCC(C(=O)Nc2nnc(-c3ccccn3)s2)C1. The van der Waals surface area contributed by atoms with Crippen LogP contribution in [0.4, 0.5) is 5.13 Å². The Kier molecular flexibility index (Phi) is 7.84. The Hall–Kier alpha value is -1.28. The molecule has 2 atom stereocenters. The number of carbonyl (C=O) groups excluding carboxylic acids is 1. The van der Waals surface area contributed by atoms with E-state index in [-0.39, 0.29) is 42.7 Å². The van der Waals surface area contributed by atoms with Crippen LogP contribution in [0.15, 0.2) is 24.4 Å². The minimum atomic E-state index is -0.0176. The first-order valence-electron chi connectivity index (χ1n) is 7.04. The van der Waals surface area contributed by atoms with Crippen LogP contribution in [-0.4, -0.2) is 27.1 Å². The summed E-state index contributed by atoms with van der Waals surface area (Å²) in [5.74, 6) is -0.0233. The fourth-order valence-electron chi connectivity index (χ4n) is 2.54. The molecule has 1 saturated carbocycles. The molecule has 0 bridgehead atoms. The zero-order valence-corrected chi connectivity index (χ0v) is 14.8. The Morgan fingerprint density at radius 3 is 2.78 bits per heavy atom. The van der Waals surface area contributed by atoms with Crippen molar-refractivity contribution in [3.05, 3.63) is 24.4 Å². The van der Waals surface area contributed by atoms with Gasteiger partial charge in [0.1, 0.15) is 5.69 Å². The summed E-state index contributed by atoms with van der Waals surface area (Å²) >= 11 is 1.33. The third kappa shape index (κ3) is 5.10. The Balaban J connectivity index is 0.00000132. The molecule has 126 valence electrons. The highest BCUT2D eigenvalue weighted by molar-refractivity contribution is 7.18. The van der Waals surface area contributed by atoms with E-state index in [2.05, 4.69) is 20.5 Å². The molecular formula is C14H19Cl2N5OS. The van der Waals surface area contributed by atoms with E-state index in [1.54, 1.807) is 6.20 Å². The molecule has 2 unspecified atom stereocenters. The normalized spacial score (nSPS) is 20.0. The van der Waals surface area contributed by atoms with Gasteiger partial charge in [0, 0.05) is 18.2 Å². The van der Waals surface area contributed by atoms with Gasteiger partial charge in [-0.15, -0.1) is 35.0 Å². The number of hydrogen-bond acceptors (Lipinski definition) is 6. The van der Waals surface area contributed by atoms with E-state index < -0.39 is 0 Å². The summed E-state index contributed by atoms with van der Waals surface area (Å²) in [6.45, 7) is 0. The molecule has 3 N–H and O–H groups in total. The molecule has 1 aliphatic carbocycles. The van der Waals surface area contributed by atoms with Gasteiger partial charge in [-0.2, -0.15) is 0 Å². The predicted octanol–water partition coefficient (Wildman–Crippen LogP) is 2.90. The average Bonchev–Trinajstić information content (AvgIpc) is 2.97. The smallest absolute Gasteiger partial charge is 0.229 e. The van der Waals surface area contributed by atoms with Gasteiger partial charge >= 0.3 is 0 Å². The van der Waals surface area contributed by atoms with Crippen molar-refractivity contribution in [2.75, 3.05) is 5.32 Å². The van der Waals surface area contributed by atoms with Crippen molar-refractivity contribution in [1.82, 2.24) is 15.2 Å². The van der Waals surface area contributed by atoms with Gasteiger partial charge in [0.25, 0.3) is 0 Å². The minimum absolute atomic E-state index is 0. The van der Waals surface area contributed by atoms with Gasteiger partial charge in [-0.3, -0.25) is 9.78 Å². The largest absolute Gasteiger partial charge is 0.328 e. The first-order valence-corrected chi connectivity index (χ1v) is 7.85. The Morgan fingerprint density at radius 1 is 1.26 bits per heavy atom. The molecule has 1 aliphatic rings. The van der Waals surface area contributed by atoms with Crippen molar-refractivity contribution in [3.8, 4) is 10.7 Å². The van der Waals surface area contributed by atoms with E-state index in [0.717, 1.165) is 31.4 Å². The second kappa shape index (κ2) is 9.12. The molecule has 1 fully saturated rings. The first kappa shape index (κ1) is 19.8.